The second kappa shape index (κ2) is 7.87. The summed E-state index contributed by atoms with van der Waals surface area (Å²) in [5.74, 6) is 0.105. The fraction of sp³-hybridized carbons (Fsp3) is 0.250. The number of nitrogens with one attached hydrogen (secondary N) is 1. The molecule has 6 nitrogen and oxygen atoms in total. The number of aromatic amines is 1. The average Bonchev–Trinajstić information content (AvgIpc) is 3.16. The highest BCUT2D eigenvalue weighted by Gasteiger charge is 2.32. The van der Waals surface area contributed by atoms with Crippen LogP contribution in [0.2, 0.25) is 5.02 Å². The van der Waals surface area contributed by atoms with Crippen LogP contribution in [0.5, 0.6) is 0 Å². The molecule has 1 aliphatic heterocycles. The Kier molecular flexibility index (Phi) is 5.04. The lowest BCUT2D eigenvalue weighted by Crippen LogP contribution is -2.49. The van der Waals surface area contributed by atoms with E-state index in [-0.39, 0.29) is 0 Å². The fourth-order valence-electron chi connectivity index (χ4n) is 4.54. The van der Waals surface area contributed by atoms with E-state index in [2.05, 4.69) is 28.9 Å². The van der Waals surface area contributed by atoms with Crippen molar-refractivity contribution in [3.05, 3.63) is 70.9 Å². The van der Waals surface area contributed by atoms with Gasteiger partial charge in [-0.2, -0.15) is 0 Å². The molecule has 4 aromatic rings. The number of aromatic nitrogens is 2. The van der Waals surface area contributed by atoms with Crippen molar-refractivity contribution in [2.24, 2.45) is 0 Å². The minimum atomic E-state index is -0.844. The van der Waals surface area contributed by atoms with E-state index in [1.54, 1.807) is 12.3 Å². The minimum absolute atomic E-state index is 0.625. The Morgan fingerprint density at radius 2 is 1.87 bits per heavy atom. The predicted molar refractivity (Wildman–Crippen MR) is 124 cm³/mol. The minimum Gasteiger partial charge on any atom is -0.480 e. The van der Waals surface area contributed by atoms with E-state index >= 15 is 0 Å². The Labute approximate surface area is 185 Å². The molecule has 2 aromatic heterocycles. The van der Waals surface area contributed by atoms with Crippen LogP contribution in [0.15, 0.2) is 54.7 Å². The molecule has 1 saturated heterocycles. The monoisotopic (exact) mass is 434 g/mol. The third kappa shape index (κ3) is 3.62. The summed E-state index contributed by atoms with van der Waals surface area (Å²) in [5.41, 5.74) is 3.81. The number of piperazine rings is 1. The largest absolute Gasteiger partial charge is 0.480 e. The summed E-state index contributed by atoms with van der Waals surface area (Å²) in [5, 5.41) is 12.7. The van der Waals surface area contributed by atoms with E-state index < -0.39 is 12.0 Å². The number of fused-ring (bicyclic) bond motifs is 2. The fourth-order valence-corrected chi connectivity index (χ4v) is 4.71. The third-order valence-electron chi connectivity index (χ3n) is 6.12. The zero-order valence-electron chi connectivity index (χ0n) is 17.2. The number of H-pyrrole nitrogens is 1. The van der Waals surface area contributed by atoms with Crippen LogP contribution in [0.3, 0.4) is 0 Å². The topological polar surface area (TPSA) is 72.5 Å². The molecule has 0 bridgehead atoms. The maximum Gasteiger partial charge on any atom is 0.325 e. The molecule has 0 amide bonds. The van der Waals surface area contributed by atoms with Gasteiger partial charge in [-0.3, -0.25) is 9.69 Å². The molecule has 1 atom stereocenters. The third-order valence-corrected chi connectivity index (χ3v) is 6.35. The number of benzene rings is 2. The van der Waals surface area contributed by atoms with E-state index in [9.17, 15) is 9.90 Å². The SMILES string of the molecule is Cc1cc(N2CCN(C(C(=O)O)c3c[nH]c4cc(Cl)ccc34)CC2)nc2ccccc12. The summed E-state index contributed by atoms with van der Waals surface area (Å²) >= 11 is 6.08. The Bertz CT molecular complexity index is 1280. The summed E-state index contributed by atoms with van der Waals surface area (Å²) in [7, 11) is 0. The van der Waals surface area contributed by atoms with Gasteiger partial charge in [0.25, 0.3) is 0 Å². The van der Waals surface area contributed by atoms with Crippen LogP contribution in [0.1, 0.15) is 17.2 Å². The van der Waals surface area contributed by atoms with Gasteiger partial charge in [-0.05, 0) is 36.8 Å². The standard InChI is InChI=1S/C24H23ClN4O2/c1-15-12-22(27-20-5-3-2-4-17(15)20)28-8-10-29(11-9-28)23(24(30)31)19-14-26-21-13-16(25)6-7-18(19)21/h2-7,12-14,23,26H,8-11H2,1H3,(H,30,31). The Balaban J connectivity index is 1.39. The lowest BCUT2D eigenvalue weighted by atomic mass is 10.0. The number of halogens is 1. The van der Waals surface area contributed by atoms with Crippen molar-refractivity contribution in [1.29, 1.82) is 0 Å². The van der Waals surface area contributed by atoms with Crippen molar-refractivity contribution < 1.29 is 9.90 Å². The first-order valence-electron chi connectivity index (χ1n) is 10.4. The molecule has 3 heterocycles. The van der Waals surface area contributed by atoms with Gasteiger partial charge in [0.05, 0.1) is 5.52 Å². The maximum absolute atomic E-state index is 12.2. The van der Waals surface area contributed by atoms with Gasteiger partial charge in [0.2, 0.25) is 0 Å². The van der Waals surface area contributed by atoms with Gasteiger partial charge in [0.1, 0.15) is 11.9 Å². The molecule has 0 saturated carbocycles. The number of aliphatic carboxylic acids is 1. The Morgan fingerprint density at radius 1 is 1.10 bits per heavy atom. The number of nitrogens with zero attached hydrogens (tertiary/aromatic N) is 3. The highest BCUT2D eigenvalue weighted by molar-refractivity contribution is 6.31. The van der Waals surface area contributed by atoms with Crippen LogP contribution in [0.25, 0.3) is 21.8 Å². The summed E-state index contributed by atoms with van der Waals surface area (Å²) in [6, 6.07) is 15.1. The number of aryl methyl sites for hydroxylation is 1. The number of anilines is 1. The summed E-state index contributed by atoms with van der Waals surface area (Å²) in [6.07, 6.45) is 1.79. The van der Waals surface area contributed by atoms with Gasteiger partial charge < -0.3 is 15.0 Å². The van der Waals surface area contributed by atoms with E-state index in [4.69, 9.17) is 16.6 Å². The van der Waals surface area contributed by atoms with Crippen molar-refractivity contribution in [2.75, 3.05) is 31.1 Å². The normalized spacial score (nSPS) is 16.1. The van der Waals surface area contributed by atoms with Crippen molar-refractivity contribution in [3.63, 3.8) is 0 Å². The van der Waals surface area contributed by atoms with Gasteiger partial charge >= 0.3 is 5.97 Å². The molecule has 2 N–H and O–H groups in total. The van der Waals surface area contributed by atoms with Crippen LogP contribution < -0.4 is 4.90 Å². The molecule has 1 aliphatic rings. The number of hydrogen-bond acceptors (Lipinski definition) is 4. The summed E-state index contributed by atoms with van der Waals surface area (Å²) in [4.78, 5) is 24.5. The van der Waals surface area contributed by atoms with E-state index in [1.165, 1.54) is 5.56 Å². The van der Waals surface area contributed by atoms with Crippen molar-refractivity contribution in [1.82, 2.24) is 14.9 Å². The molecule has 158 valence electrons. The molecule has 0 aliphatic carbocycles. The van der Waals surface area contributed by atoms with Gasteiger partial charge in [0, 0.05) is 59.3 Å². The number of carboxylic acid groups (broad SMARTS) is 1. The van der Waals surface area contributed by atoms with Crippen molar-refractivity contribution in [2.45, 2.75) is 13.0 Å². The van der Waals surface area contributed by atoms with Crippen LogP contribution >= 0.6 is 11.6 Å². The smallest absolute Gasteiger partial charge is 0.325 e. The predicted octanol–water partition coefficient (Wildman–Crippen LogP) is 4.63. The molecule has 31 heavy (non-hydrogen) atoms. The van der Waals surface area contributed by atoms with Crippen LogP contribution in [-0.4, -0.2) is 52.1 Å². The zero-order chi connectivity index (χ0) is 21.5. The number of carbonyl (C=O) groups is 1. The maximum atomic E-state index is 12.2. The number of para-hydroxylation sites is 1. The van der Waals surface area contributed by atoms with Gasteiger partial charge in [-0.25, -0.2) is 4.98 Å². The van der Waals surface area contributed by atoms with Crippen LogP contribution in [0, 0.1) is 6.92 Å². The van der Waals surface area contributed by atoms with E-state index in [1.807, 2.05) is 35.2 Å². The quantitative estimate of drug-likeness (QED) is 0.490. The van der Waals surface area contributed by atoms with E-state index in [0.717, 1.165) is 46.3 Å². The first kappa shape index (κ1) is 19.8. The molecule has 0 spiro atoms. The van der Waals surface area contributed by atoms with Crippen LogP contribution in [0.4, 0.5) is 5.82 Å². The van der Waals surface area contributed by atoms with Crippen LogP contribution in [-0.2, 0) is 4.79 Å². The number of pyridine rings is 1. The van der Waals surface area contributed by atoms with Crippen molar-refractivity contribution >= 4 is 45.2 Å². The first-order chi connectivity index (χ1) is 15.0. The molecule has 7 heteroatoms. The first-order valence-corrected chi connectivity index (χ1v) is 10.7. The second-order valence-corrected chi connectivity index (χ2v) is 8.45. The summed E-state index contributed by atoms with van der Waals surface area (Å²) in [6.45, 7) is 4.84. The molecular weight excluding hydrogens is 412 g/mol. The molecule has 0 radical (unpaired) electrons. The van der Waals surface area contributed by atoms with Gasteiger partial charge in [-0.1, -0.05) is 35.9 Å². The molecule has 1 unspecified atom stereocenters. The molecule has 5 rings (SSSR count). The molecule has 2 aromatic carbocycles. The van der Waals surface area contributed by atoms with Gasteiger partial charge in [-0.15, -0.1) is 0 Å². The Morgan fingerprint density at radius 3 is 2.65 bits per heavy atom. The van der Waals surface area contributed by atoms with Gasteiger partial charge in [0.15, 0.2) is 0 Å². The Hall–Kier alpha value is -3.09. The van der Waals surface area contributed by atoms with E-state index in [0.29, 0.717) is 18.1 Å². The highest BCUT2D eigenvalue weighted by atomic mass is 35.5. The average molecular weight is 435 g/mol. The molecular formula is C24H23ClN4O2. The zero-order valence-corrected chi connectivity index (χ0v) is 17.9. The lowest BCUT2D eigenvalue weighted by Gasteiger charge is -2.38. The second-order valence-electron chi connectivity index (χ2n) is 8.01. The molecule has 1 fully saturated rings. The summed E-state index contributed by atoms with van der Waals surface area (Å²) < 4.78 is 0. The van der Waals surface area contributed by atoms with Crippen molar-refractivity contribution in [3.8, 4) is 0 Å². The number of rotatable bonds is 4. The lowest BCUT2D eigenvalue weighted by molar-refractivity contribution is -0.143. The highest BCUT2D eigenvalue weighted by Crippen LogP contribution is 2.31. The number of carboxylic acids is 1. The number of hydrogen-bond donors (Lipinski definition) is 2.